The molecule has 1 saturated heterocycles. The van der Waals surface area contributed by atoms with Crippen LogP contribution in [0.5, 0.6) is 11.5 Å². The number of rotatable bonds is 4. The van der Waals surface area contributed by atoms with Crippen LogP contribution in [0, 0.1) is 36.5 Å². The maximum absolute atomic E-state index is 14.8. The average Bonchev–Trinajstić information content (AvgIpc) is 3.54. The third kappa shape index (κ3) is 8.69. The predicted octanol–water partition coefficient (Wildman–Crippen LogP) is 4.77. The van der Waals surface area contributed by atoms with Gasteiger partial charge in [0.2, 0.25) is 10.9 Å². The Balaban J connectivity index is 1.46. The van der Waals surface area contributed by atoms with Crippen molar-refractivity contribution in [1.82, 2.24) is 9.88 Å². The number of phenolic OH excluding ortho intramolecular Hbond substituents is 1. The summed E-state index contributed by atoms with van der Waals surface area (Å²) in [4.78, 5) is 52.1. The van der Waals surface area contributed by atoms with Crippen molar-refractivity contribution in [1.29, 1.82) is 0 Å². The third-order valence-corrected chi connectivity index (χ3v) is 13.5. The minimum absolute atomic E-state index is 0.0337. The lowest BCUT2D eigenvalue weighted by molar-refractivity contribution is -0.112. The Morgan fingerprint density at radius 3 is 2.23 bits per heavy atom. The lowest BCUT2D eigenvalue weighted by Crippen LogP contribution is -2.47. The highest BCUT2D eigenvalue weighted by molar-refractivity contribution is 6.16. The molecular formula is C49H62N4O12. The number of carbonyl (C=O) groups is 1. The smallest absolute Gasteiger partial charge is 0.307 e. The molecule has 4 heterocycles. The fourth-order valence-corrected chi connectivity index (χ4v) is 9.37. The van der Waals surface area contributed by atoms with Gasteiger partial charge in [0.1, 0.15) is 22.7 Å². The van der Waals surface area contributed by atoms with Gasteiger partial charge in [-0.15, -0.1) is 0 Å². The number of aliphatic hydroxyl groups excluding tert-OH is 4. The molecule has 0 radical (unpaired) electrons. The highest BCUT2D eigenvalue weighted by Crippen LogP contribution is 2.42. The number of methoxy groups -OCH3 is 1. The molecule has 1 amide bonds. The number of allylic oxidation sites excluding steroid dienone is 2. The van der Waals surface area contributed by atoms with Crippen LogP contribution in [0.15, 0.2) is 62.3 Å². The maximum atomic E-state index is 14.8. The molecule has 1 fully saturated rings. The molecule has 3 aliphatic rings. The summed E-state index contributed by atoms with van der Waals surface area (Å²) in [5.41, 5.74) is -1.25. The minimum atomic E-state index is -1.95. The van der Waals surface area contributed by atoms with E-state index in [-0.39, 0.29) is 60.8 Å². The highest BCUT2D eigenvalue weighted by atomic mass is 16.7. The van der Waals surface area contributed by atoms with E-state index in [1.54, 1.807) is 45.9 Å². The van der Waals surface area contributed by atoms with Crippen LogP contribution in [0.3, 0.4) is 0 Å². The number of carbonyl (C=O) groups excluding carboxylic acids is 1. The molecule has 65 heavy (non-hydrogen) atoms. The van der Waals surface area contributed by atoms with Gasteiger partial charge >= 0.3 is 5.79 Å². The second-order valence-corrected chi connectivity index (χ2v) is 18.6. The number of ether oxygens (including phenoxy) is 3. The number of hydrogen-bond acceptors (Lipinski definition) is 15. The standard InChI is InChI=1S/C49H62N4O12/c1-23(2)22-52-15-17-53(18-16-52)30-20-31(54)37-33(21-30)64-46-38(50-37)34-35-43(58)29(8)45-36(34)47(60)49(9,65-45)63-19-14-32(62-10)26(5)41(56)28(7)42(57)27(6)40(55)24(3)12-11-13-25(4)48(61)51-39(46)44(35)59/h11-14,19-21,23-24,26-28,32,40-42,55-58,60H,15-18,22H2,1-10H3,(H,51,61)/b12-11-,19-14-,25-13-/t24-,26+,27+,28-,32-,40-,41+,42+,49-/m0/s1. The first-order valence-electron chi connectivity index (χ1n) is 22.3. The van der Waals surface area contributed by atoms with Gasteiger partial charge in [-0.05, 0) is 25.8 Å². The van der Waals surface area contributed by atoms with Crippen molar-refractivity contribution in [2.75, 3.05) is 50.1 Å². The first kappa shape index (κ1) is 47.4. The molecule has 7 rings (SSSR count). The van der Waals surface area contributed by atoms with E-state index >= 15 is 0 Å². The molecule has 9 atom stereocenters. The molecule has 3 aliphatic heterocycles. The topological polar surface area (TPSA) is 225 Å². The molecule has 16 nitrogen and oxygen atoms in total. The van der Waals surface area contributed by atoms with E-state index in [0.717, 1.165) is 19.6 Å². The number of fused-ring (bicyclic) bond motifs is 2. The van der Waals surface area contributed by atoms with Crippen LogP contribution in [0.2, 0.25) is 0 Å². The van der Waals surface area contributed by atoms with Crippen LogP contribution in [0.4, 0.5) is 11.4 Å². The van der Waals surface area contributed by atoms with Crippen LogP contribution in [0.25, 0.3) is 38.7 Å². The number of aromatic nitrogens is 1. The first-order valence-corrected chi connectivity index (χ1v) is 22.3. The number of nitrogens with zero attached hydrogens (tertiary/aromatic N) is 3. The highest BCUT2D eigenvalue weighted by Gasteiger charge is 2.44. The van der Waals surface area contributed by atoms with Gasteiger partial charge in [0.25, 0.3) is 5.91 Å². The zero-order chi connectivity index (χ0) is 47.4. The van der Waals surface area contributed by atoms with Gasteiger partial charge in [-0.25, -0.2) is 4.98 Å². The molecule has 4 aromatic rings. The van der Waals surface area contributed by atoms with Crippen LogP contribution in [-0.2, 0) is 14.3 Å². The van der Waals surface area contributed by atoms with Gasteiger partial charge in [-0.2, -0.15) is 0 Å². The van der Waals surface area contributed by atoms with Crippen molar-refractivity contribution in [2.24, 2.45) is 29.6 Å². The maximum Gasteiger partial charge on any atom is 0.307 e. The summed E-state index contributed by atoms with van der Waals surface area (Å²) in [6, 6.07) is 3.17. The van der Waals surface area contributed by atoms with E-state index in [1.165, 1.54) is 52.4 Å². The van der Waals surface area contributed by atoms with Crippen LogP contribution in [-0.4, -0.2) is 111 Å². The molecule has 4 bridgehead atoms. The minimum Gasteiger partial charge on any atom is -0.507 e. The molecule has 350 valence electrons. The van der Waals surface area contributed by atoms with E-state index in [1.807, 2.05) is 0 Å². The lowest BCUT2D eigenvalue weighted by atomic mass is 9.78. The van der Waals surface area contributed by atoms with Crippen LogP contribution in [0.1, 0.15) is 61.0 Å². The molecule has 0 aliphatic carbocycles. The van der Waals surface area contributed by atoms with Crippen molar-refractivity contribution in [3.8, 4) is 11.5 Å². The number of aliphatic hydroxyl groups is 4. The lowest BCUT2D eigenvalue weighted by Gasteiger charge is -2.36. The zero-order valence-electron chi connectivity index (χ0n) is 38.7. The van der Waals surface area contributed by atoms with E-state index in [9.17, 15) is 39.9 Å². The molecule has 3 aromatic carbocycles. The number of amides is 1. The van der Waals surface area contributed by atoms with E-state index in [4.69, 9.17) is 23.6 Å². The molecule has 6 N–H and O–H groups in total. The number of hydrogen-bond donors (Lipinski definition) is 6. The van der Waals surface area contributed by atoms with E-state index in [2.05, 4.69) is 29.0 Å². The predicted molar refractivity (Wildman–Crippen MR) is 249 cm³/mol. The largest absolute Gasteiger partial charge is 0.507 e. The monoisotopic (exact) mass is 898 g/mol. The van der Waals surface area contributed by atoms with Crippen molar-refractivity contribution < 1.29 is 49.0 Å². The number of piperazine rings is 1. The Morgan fingerprint density at radius 1 is 0.908 bits per heavy atom. The fourth-order valence-electron chi connectivity index (χ4n) is 9.37. The Kier molecular flexibility index (Phi) is 13.4. The molecule has 0 saturated carbocycles. The molecular weight excluding hydrogens is 837 g/mol. The number of phenols is 1. The average molecular weight is 899 g/mol. The summed E-state index contributed by atoms with van der Waals surface area (Å²) < 4.78 is 24.5. The molecule has 0 spiro atoms. The van der Waals surface area contributed by atoms with Gasteiger partial charge in [-0.1, -0.05) is 59.8 Å². The van der Waals surface area contributed by atoms with E-state index < -0.39 is 82.1 Å². The second kappa shape index (κ2) is 18.4. The Hall–Kier alpha value is -5.52. The third-order valence-electron chi connectivity index (χ3n) is 13.5. The molecule has 1 aromatic heterocycles. The van der Waals surface area contributed by atoms with Crippen LogP contribution < -0.4 is 31.0 Å². The number of aromatic hydroxyl groups is 1. The molecule has 16 heteroatoms. The van der Waals surface area contributed by atoms with Gasteiger partial charge in [0.15, 0.2) is 22.4 Å². The summed E-state index contributed by atoms with van der Waals surface area (Å²) in [7, 11) is 1.45. The fraction of sp³-hybridized carbons (Fsp3) is 0.510. The van der Waals surface area contributed by atoms with Crippen molar-refractivity contribution in [2.45, 2.75) is 92.5 Å². The van der Waals surface area contributed by atoms with E-state index in [0.29, 0.717) is 24.7 Å². The Labute approximate surface area is 377 Å². The van der Waals surface area contributed by atoms with Crippen molar-refractivity contribution in [3.63, 3.8) is 0 Å². The van der Waals surface area contributed by atoms with Gasteiger partial charge in [0, 0.05) is 105 Å². The molecule has 0 unspecified atom stereocenters. The number of anilines is 2. The second-order valence-electron chi connectivity index (χ2n) is 18.6. The SMILES string of the molecule is CO[C@H]1/C=C\O[C@@]2(C)Oc3c(C)c(O)c4c(=O)c(c5oc6cc(N7CCN(CC(C)C)CC7)cc(=O)c6nc5c4c3=C2O)NC(=O)/C(C)=C\C=C/[C@H](C)[C@H](O)[C@@H](C)[C@@H](O)[C@@H](C)[C@H](O)[C@@H]1C. The summed E-state index contributed by atoms with van der Waals surface area (Å²) in [6.45, 7) is 19.5. The van der Waals surface area contributed by atoms with Gasteiger partial charge in [-0.3, -0.25) is 19.3 Å². The van der Waals surface area contributed by atoms with Crippen molar-refractivity contribution in [3.05, 3.63) is 79.5 Å². The van der Waals surface area contributed by atoms with Gasteiger partial charge < -0.3 is 54.4 Å². The van der Waals surface area contributed by atoms with Crippen LogP contribution >= 0.6 is 0 Å². The normalized spacial score (nSPS) is 30.4. The summed E-state index contributed by atoms with van der Waals surface area (Å²) in [5, 5.41) is 60.2. The van der Waals surface area contributed by atoms with Crippen molar-refractivity contribution >= 4 is 56.0 Å². The Morgan fingerprint density at radius 2 is 1.57 bits per heavy atom. The number of benzene rings is 3. The Bertz CT molecular complexity index is 2780. The quantitative estimate of drug-likeness (QED) is 0.120. The first-order chi connectivity index (χ1) is 30.7. The summed E-state index contributed by atoms with van der Waals surface area (Å²) in [6.07, 6.45) is 3.50. The summed E-state index contributed by atoms with van der Waals surface area (Å²) in [5.74, 6) is -5.68. The van der Waals surface area contributed by atoms with Gasteiger partial charge in [0.05, 0.1) is 41.3 Å². The number of nitrogens with one attached hydrogen (secondary N) is 1. The zero-order valence-corrected chi connectivity index (χ0v) is 38.7. The summed E-state index contributed by atoms with van der Waals surface area (Å²) >= 11 is 0.